The van der Waals surface area contributed by atoms with Crippen molar-refractivity contribution in [2.45, 2.75) is 37.8 Å². The third kappa shape index (κ3) is 2.24. The Labute approximate surface area is 125 Å². The predicted molar refractivity (Wildman–Crippen MR) is 83.1 cm³/mol. The number of likely N-dealkylation sites (tertiary alicyclic amines) is 1. The molecule has 2 aromatic heterocycles. The van der Waals surface area contributed by atoms with E-state index in [9.17, 15) is 0 Å². The lowest BCUT2D eigenvalue weighted by Crippen LogP contribution is -2.43. The summed E-state index contributed by atoms with van der Waals surface area (Å²) in [6.45, 7) is 3.53. The van der Waals surface area contributed by atoms with E-state index in [1.54, 1.807) is 0 Å². The van der Waals surface area contributed by atoms with Crippen LogP contribution < -0.4 is 5.32 Å². The Morgan fingerprint density at radius 3 is 2.90 bits per heavy atom. The molecule has 4 rings (SSSR count). The lowest BCUT2D eigenvalue weighted by Gasteiger charge is -2.35. The van der Waals surface area contributed by atoms with Crippen LogP contribution in [0.2, 0.25) is 0 Å². The van der Waals surface area contributed by atoms with Gasteiger partial charge in [-0.05, 0) is 51.4 Å². The van der Waals surface area contributed by atoms with Gasteiger partial charge >= 0.3 is 0 Å². The molecule has 1 atom stereocenters. The summed E-state index contributed by atoms with van der Waals surface area (Å²) >= 11 is 0. The zero-order chi connectivity index (χ0) is 14.2. The molecular formula is C16H23N5. The molecule has 0 bridgehead atoms. The van der Waals surface area contributed by atoms with Crippen LogP contribution in [-0.2, 0) is 7.05 Å². The van der Waals surface area contributed by atoms with Crippen molar-refractivity contribution in [2.75, 3.05) is 19.6 Å². The van der Waals surface area contributed by atoms with Gasteiger partial charge in [0.2, 0.25) is 0 Å². The number of piperidine rings is 1. The molecule has 2 fully saturated rings. The third-order valence-corrected chi connectivity index (χ3v) is 5.09. The minimum absolute atomic E-state index is 0.477. The fraction of sp³-hybridized carbons (Fsp3) is 0.625. The maximum atomic E-state index is 4.91. The van der Waals surface area contributed by atoms with E-state index in [2.05, 4.69) is 26.8 Å². The fourth-order valence-electron chi connectivity index (χ4n) is 3.99. The molecule has 0 aliphatic carbocycles. The number of aryl methyl sites for hydroxylation is 1. The van der Waals surface area contributed by atoms with Crippen LogP contribution in [0.3, 0.4) is 0 Å². The van der Waals surface area contributed by atoms with Gasteiger partial charge in [0.15, 0.2) is 0 Å². The molecule has 1 unspecified atom stereocenters. The number of fused-ring (bicyclic) bond motifs is 1. The van der Waals surface area contributed by atoms with Gasteiger partial charge in [-0.2, -0.15) is 0 Å². The fourth-order valence-corrected chi connectivity index (χ4v) is 3.99. The molecule has 0 aromatic carbocycles. The summed E-state index contributed by atoms with van der Waals surface area (Å²) in [5.41, 5.74) is 2.21. The Kier molecular flexibility index (Phi) is 3.39. The first-order chi connectivity index (χ1) is 10.3. The molecule has 112 valence electrons. The van der Waals surface area contributed by atoms with Gasteiger partial charge in [0, 0.05) is 19.3 Å². The van der Waals surface area contributed by atoms with Crippen LogP contribution in [-0.4, -0.2) is 45.1 Å². The SMILES string of the molecule is Cn1c(C2CCCN2C2CCNCC2)nc2ccncc21. The number of nitrogens with one attached hydrogen (secondary N) is 1. The molecular weight excluding hydrogens is 262 g/mol. The first-order valence-corrected chi connectivity index (χ1v) is 8.07. The topological polar surface area (TPSA) is 46.0 Å². The molecule has 2 saturated heterocycles. The van der Waals surface area contributed by atoms with Gasteiger partial charge in [-0.15, -0.1) is 0 Å². The van der Waals surface area contributed by atoms with Crippen LogP contribution in [0, 0.1) is 0 Å². The highest BCUT2D eigenvalue weighted by atomic mass is 15.3. The molecule has 2 aliphatic heterocycles. The maximum absolute atomic E-state index is 4.91. The van der Waals surface area contributed by atoms with Crippen molar-refractivity contribution in [1.29, 1.82) is 0 Å². The predicted octanol–water partition coefficient (Wildman–Crippen LogP) is 1.86. The maximum Gasteiger partial charge on any atom is 0.127 e. The summed E-state index contributed by atoms with van der Waals surface area (Å²) in [6, 6.07) is 3.21. The van der Waals surface area contributed by atoms with Gasteiger partial charge < -0.3 is 9.88 Å². The Morgan fingerprint density at radius 2 is 2.10 bits per heavy atom. The van der Waals surface area contributed by atoms with E-state index in [-0.39, 0.29) is 0 Å². The second-order valence-corrected chi connectivity index (χ2v) is 6.27. The monoisotopic (exact) mass is 285 g/mol. The number of imidazole rings is 1. The van der Waals surface area contributed by atoms with E-state index in [1.165, 1.54) is 38.1 Å². The normalized spacial score (nSPS) is 24.9. The minimum Gasteiger partial charge on any atom is -0.329 e. The second-order valence-electron chi connectivity index (χ2n) is 6.27. The highest BCUT2D eigenvalue weighted by Crippen LogP contribution is 2.35. The summed E-state index contributed by atoms with van der Waals surface area (Å²) in [5.74, 6) is 1.22. The number of aromatic nitrogens is 3. The third-order valence-electron chi connectivity index (χ3n) is 5.09. The number of pyridine rings is 1. The molecule has 0 amide bonds. The largest absolute Gasteiger partial charge is 0.329 e. The summed E-state index contributed by atoms with van der Waals surface area (Å²) in [6.07, 6.45) is 8.81. The summed E-state index contributed by atoms with van der Waals surface area (Å²) < 4.78 is 2.24. The molecule has 0 radical (unpaired) electrons. The lowest BCUT2D eigenvalue weighted by molar-refractivity contribution is 0.142. The Balaban J connectivity index is 1.68. The number of nitrogens with zero attached hydrogens (tertiary/aromatic N) is 4. The van der Waals surface area contributed by atoms with Crippen LogP contribution in [0.25, 0.3) is 11.0 Å². The first-order valence-electron chi connectivity index (χ1n) is 8.07. The zero-order valence-corrected chi connectivity index (χ0v) is 12.6. The summed E-state index contributed by atoms with van der Waals surface area (Å²) in [4.78, 5) is 11.8. The molecule has 4 heterocycles. The first kappa shape index (κ1) is 13.2. The van der Waals surface area contributed by atoms with Crippen molar-refractivity contribution in [3.63, 3.8) is 0 Å². The van der Waals surface area contributed by atoms with Crippen molar-refractivity contribution in [3.8, 4) is 0 Å². The van der Waals surface area contributed by atoms with Crippen LogP contribution in [0.15, 0.2) is 18.5 Å². The summed E-state index contributed by atoms with van der Waals surface area (Å²) in [7, 11) is 2.13. The van der Waals surface area contributed by atoms with Crippen molar-refractivity contribution >= 4 is 11.0 Å². The average molecular weight is 285 g/mol. The average Bonchev–Trinajstić information content (AvgIpc) is 3.13. The van der Waals surface area contributed by atoms with Crippen LogP contribution in [0.4, 0.5) is 0 Å². The smallest absolute Gasteiger partial charge is 0.127 e. The quantitative estimate of drug-likeness (QED) is 0.915. The van der Waals surface area contributed by atoms with Crippen LogP contribution >= 0.6 is 0 Å². The van der Waals surface area contributed by atoms with Gasteiger partial charge in [0.1, 0.15) is 5.82 Å². The highest BCUT2D eigenvalue weighted by Gasteiger charge is 2.34. The molecule has 2 aromatic rings. The van der Waals surface area contributed by atoms with Gasteiger partial charge in [-0.3, -0.25) is 9.88 Å². The van der Waals surface area contributed by atoms with E-state index in [0.29, 0.717) is 6.04 Å². The standard InChI is InChI=1S/C16H23N5/c1-20-15-11-18-9-6-13(15)19-16(20)14-3-2-10-21(14)12-4-7-17-8-5-12/h6,9,11-12,14,17H,2-5,7-8,10H2,1H3. The Hall–Kier alpha value is -1.46. The molecule has 1 N–H and O–H groups in total. The Bertz CT molecular complexity index is 629. The van der Waals surface area contributed by atoms with Crippen molar-refractivity contribution in [3.05, 3.63) is 24.3 Å². The van der Waals surface area contributed by atoms with Crippen molar-refractivity contribution in [1.82, 2.24) is 24.8 Å². The Morgan fingerprint density at radius 1 is 1.24 bits per heavy atom. The lowest BCUT2D eigenvalue weighted by atomic mass is 10.0. The molecule has 5 heteroatoms. The van der Waals surface area contributed by atoms with Crippen molar-refractivity contribution in [2.24, 2.45) is 7.05 Å². The van der Waals surface area contributed by atoms with E-state index >= 15 is 0 Å². The number of hydrogen-bond donors (Lipinski definition) is 1. The van der Waals surface area contributed by atoms with E-state index in [1.807, 2.05) is 18.5 Å². The van der Waals surface area contributed by atoms with Crippen molar-refractivity contribution < 1.29 is 0 Å². The van der Waals surface area contributed by atoms with Gasteiger partial charge in [0.25, 0.3) is 0 Å². The van der Waals surface area contributed by atoms with E-state index in [0.717, 1.165) is 30.2 Å². The van der Waals surface area contributed by atoms with E-state index < -0.39 is 0 Å². The molecule has 5 nitrogen and oxygen atoms in total. The van der Waals surface area contributed by atoms with Gasteiger partial charge in [-0.25, -0.2) is 4.98 Å². The number of hydrogen-bond acceptors (Lipinski definition) is 4. The van der Waals surface area contributed by atoms with E-state index in [4.69, 9.17) is 4.98 Å². The highest BCUT2D eigenvalue weighted by molar-refractivity contribution is 5.74. The van der Waals surface area contributed by atoms with Crippen LogP contribution in [0.1, 0.15) is 37.5 Å². The molecule has 0 saturated carbocycles. The van der Waals surface area contributed by atoms with Gasteiger partial charge in [0.05, 0.1) is 23.3 Å². The molecule has 2 aliphatic rings. The van der Waals surface area contributed by atoms with Gasteiger partial charge in [-0.1, -0.05) is 0 Å². The second kappa shape index (κ2) is 5.39. The minimum atomic E-state index is 0.477. The molecule has 21 heavy (non-hydrogen) atoms. The molecule has 0 spiro atoms. The number of rotatable bonds is 2. The van der Waals surface area contributed by atoms with Crippen LogP contribution in [0.5, 0.6) is 0 Å². The summed E-state index contributed by atoms with van der Waals surface area (Å²) in [5, 5.41) is 3.47. The zero-order valence-electron chi connectivity index (χ0n) is 12.6.